The Hall–Kier alpha value is -3.49. The minimum atomic E-state index is -4.47. The fraction of sp³-hybridized carbons (Fsp3) is 0.304. The van der Waals surface area contributed by atoms with E-state index in [4.69, 9.17) is 0 Å². The van der Waals surface area contributed by atoms with Crippen LogP contribution in [0.1, 0.15) is 42.1 Å². The number of anilines is 2. The number of nitrogens with one attached hydrogen (secondary N) is 1. The zero-order valence-corrected chi connectivity index (χ0v) is 17.2. The molecule has 1 fully saturated rings. The summed E-state index contributed by atoms with van der Waals surface area (Å²) in [7, 11) is 0. The summed E-state index contributed by atoms with van der Waals surface area (Å²) >= 11 is 0. The summed E-state index contributed by atoms with van der Waals surface area (Å²) in [5.41, 5.74) is 0.786. The number of carbonyl (C=O) groups excluding carboxylic acids is 1. The molecule has 32 heavy (non-hydrogen) atoms. The van der Waals surface area contributed by atoms with Gasteiger partial charge < -0.3 is 10.2 Å². The third-order valence-corrected chi connectivity index (χ3v) is 5.37. The van der Waals surface area contributed by atoms with Gasteiger partial charge in [0, 0.05) is 18.9 Å². The molecule has 3 aromatic rings. The first-order valence-corrected chi connectivity index (χ1v) is 10.4. The van der Waals surface area contributed by atoms with Crippen molar-refractivity contribution in [2.45, 2.75) is 37.9 Å². The highest BCUT2D eigenvalue weighted by molar-refractivity contribution is 5.79. The number of piperidine rings is 1. The molecule has 1 N–H and O–H groups in total. The number of nitrogens with zero attached hydrogens (tertiary/aromatic N) is 4. The van der Waals surface area contributed by atoms with Crippen LogP contribution in [-0.4, -0.2) is 32.3 Å². The topological polar surface area (TPSA) is 71.0 Å². The molecule has 1 amide bonds. The van der Waals surface area contributed by atoms with Gasteiger partial charge in [-0.1, -0.05) is 30.3 Å². The van der Waals surface area contributed by atoms with Crippen molar-refractivity contribution in [1.29, 1.82) is 0 Å². The van der Waals surface area contributed by atoms with Crippen molar-refractivity contribution in [3.8, 4) is 0 Å². The number of benzene rings is 1. The molecule has 3 heterocycles. The lowest BCUT2D eigenvalue weighted by Gasteiger charge is -2.35. The van der Waals surface area contributed by atoms with Gasteiger partial charge in [0.1, 0.15) is 5.82 Å². The molecular formula is C23H22F3N5O. The molecule has 1 atom stereocenters. The Kier molecular flexibility index (Phi) is 6.34. The number of pyridine rings is 1. The fourth-order valence-electron chi connectivity index (χ4n) is 3.82. The van der Waals surface area contributed by atoms with E-state index in [9.17, 15) is 18.0 Å². The van der Waals surface area contributed by atoms with E-state index in [0.717, 1.165) is 43.2 Å². The lowest BCUT2D eigenvalue weighted by molar-refractivity contribution is -0.137. The second kappa shape index (κ2) is 9.33. The van der Waals surface area contributed by atoms with E-state index in [1.165, 1.54) is 6.20 Å². The van der Waals surface area contributed by atoms with Gasteiger partial charge in [0.2, 0.25) is 11.9 Å². The molecule has 1 unspecified atom stereocenters. The molecule has 1 aliphatic rings. The van der Waals surface area contributed by atoms with Crippen molar-refractivity contribution in [2.24, 2.45) is 0 Å². The van der Waals surface area contributed by atoms with Crippen LogP contribution in [-0.2, 0) is 17.4 Å². The van der Waals surface area contributed by atoms with Crippen molar-refractivity contribution in [3.05, 3.63) is 77.7 Å². The monoisotopic (exact) mass is 441 g/mol. The van der Waals surface area contributed by atoms with Crippen LogP contribution in [0.5, 0.6) is 0 Å². The molecule has 6 nitrogen and oxygen atoms in total. The molecule has 0 aliphatic carbocycles. The minimum absolute atomic E-state index is 0.00220. The van der Waals surface area contributed by atoms with Crippen LogP contribution in [0.2, 0.25) is 0 Å². The van der Waals surface area contributed by atoms with Crippen molar-refractivity contribution in [2.75, 3.05) is 11.9 Å². The number of hydrogen-bond acceptors (Lipinski definition) is 5. The zero-order valence-electron chi connectivity index (χ0n) is 17.2. The number of amides is 1. The normalized spacial score (nSPS) is 16.6. The third kappa shape index (κ3) is 5.22. The Morgan fingerprint density at radius 2 is 1.84 bits per heavy atom. The Morgan fingerprint density at radius 3 is 2.62 bits per heavy atom. The quantitative estimate of drug-likeness (QED) is 0.608. The molecule has 1 saturated heterocycles. The first-order chi connectivity index (χ1) is 15.4. The average molecular weight is 441 g/mol. The molecule has 9 heteroatoms. The van der Waals surface area contributed by atoms with E-state index in [1.54, 1.807) is 6.07 Å². The van der Waals surface area contributed by atoms with E-state index in [0.29, 0.717) is 18.7 Å². The van der Waals surface area contributed by atoms with E-state index in [2.05, 4.69) is 20.3 Å². The third-order valence-electron chi connectivity index (χ3n) is 5.37. The van der Waals surface area contributed by atoms with Gasteiger partial charge in [-0.05, 0) is 43.0 Å². The number of alkyl halides is 3. The first-order valence-electron chi connectivity index (χ1n) is 10.4. The number of aromatic nitrogens is 3. The molecule has 0 saturated carbocycles. The lowest BCUT2D eigenvalue weighted by atomic mass is 9.98. The second-order valence-corrected chi connectivity index (χ2v) is 7.62. The van der Waals surface area contributed by atoms with Crippen molar-refractivity contribution >= 4 is 17.7 Å². The predicted octanol–water partition coefficient (Wildman–Crippen LogP) is 4.93. The van der Waals surface area contributed by atoms with Gasteiger partial charge in [-0.25, -0.2) is 15.0 Å². The summed E-state index contributed by atoms with van der Waals surface area (Å²) in [4.78, 5) is 27.4. The smallest absolute Gasteiger partial charge is 0.334 e. The number of rotatable bonds is 5. The van der Waals surface area contributed by atoms with Crippen LogP contribution in [0.25, 0.3) is 0 Å². The highest BCUT2D eigenvalue weighted by Gasteiger charge is 2.31. The number of halogens is 3. The number of hydrogen-bond donors (Lipinski definition) is 1. The van der Waals surface area contributed by atoms with Crippen molar-refractivity contribution < 1.29 is 18.0 Å². The minimum Gasteiger partial charge on any atom is -0.334 e. The van der Waals surface area contributed by atoms with E-state index >= 15 is 0 Å². The Morgan fingerprint density at radius 1 is 1.06 bits per heavy atom. The highest BCUT2D eigenvalue weighted by atomic mass is 19.4. The maximum absolute atomic E-state index is 13.0. The molecule has 1 aromatic carbocycles. The summed E-state index contributed by atoms with van der Waals surface area (Å²) in [5.74, 6) is 0.154. The SMILES string of the molecule is O=C(Cc1ccccc1)N1CCCCC1c1ccnc(Nc2cc(C(F)(F)F)ccn2)n1. The molecular weight excluding hydrogens is 419 g/mol. The second-order valence-electron chi connectivity index (χ2n) is 7.62. The predicted molar refractivity (Wildman–Crippen MR) is 113 cm³/mol. The van der Waals surface area contributed by atoms with Crippen LogP contribution in [0, 0.1) is 0 Å². The number of likely N-dealkylation sites (tertiary alicyclic amines) is 1. The standard InChI is InChI=1S/C23H22F3N5O/c24-23(25,26)17-9-11-27-20(15-17)30-22-28-12-10-18(29-22)19-8-4-5-13-31(19)21(32)14-16-6-2-1-3-7-16/h1-3,6-7,9-12,15,19H,4-5,8,13-14H2,(H,27,28,29,30). The van der Waals surface area contributed by atoms with Gasteiger partial charge in [0.25, 0.3) is 0 Å². The Bertz CT molecular complexity index is 1070. The van der Waals surface area contributed by atoms with Gasteiger partial charge in [0.15, 0.2) is 0 Å². The van der Waals surface area contributed by atoms with Gasteiger partial charge in [-0.3, -0.25) is 4.79 Å². The van der Waals surface area contributed by atoms with Crippen LogP contribution < -0.4 is 5.32 Å². The van der Waals surface area contributed by atoms with Gasteiger partial charge >= 0.3 is 6.18 Å². The summed E-state index contributed by atoms with van der Waals surface area (Å²) < 4.78 is 38.9. The van der Waals surface area contributed by atoms with Crippen LogP contribution >= 0.6 is 0 Å². The van der Waals surface area contributed by atoms with Crippen LogP contribution in [0.4, 0.5) is 24.9 Å². The lowest BCUT2D eigenvalue weighted by Crippen LogP contribution is -2.39. The van der Waals surface area contributed by atoms with Crippen molar-refractivity contribution in [1.82, 2.24) is 19.9 Å². The first kappa shape index (κ1) is 21.7. The molecule has 166 valence electrons. The van der Waals surface area contributed by atoms with E-state index in [1.807, 2.05) is 35.2 Å². The number of carbonyl (C=O) groups is 1. The molecule has 2 aromatic heterocycles. The largest absolute Gasteiger partial charge is 0.416 e. The molecule has 0 spiro atoms. The average Bonchev–Trinajstić information content (AvgIpc) is 2.79. The molecule has 4 rings (SSSR count). The zero-order chi connectivity index (χ0) is 22.6. The maximum atomic E-state index is 13.0. The van der Waals surface area contributed by atoms with Gasteiger partial charge in [-0.2, -0.15) is 13.2 Å². The van der Waals surface area contributed by atoms with Crippen molar-refractivity contribution in [3.63, 3.8) is 0 Å². The Balaban J connectivity index is 1.53. The summed E-state index contributed by atoms with van der Waals surface area (Å²) in [6.45, 7) is 0.637. The fourth-order valence-corrected chi connectivity index (χ4v) is 3.82. The summed E-state index contributed by atoms with van der Waals surface area (Å²) in [6, 6.07) is 12.9. The van der Waals surface area contributed by atoms with Crippen LogP contribution in [0.15, 0.2) is 60.9 Å². The van der Waals surface area contributed by atoms with Gasteiger partial charge in [0.05, 0.1) is 23.7 Å². The highest BCUT2D eigenvalue weighted by Crippen LogP contribution is 2.32. The van der Waals surface area contributed by atoms with E-state index < -0.39 is 11.7 Å². The maximum Gasteiger partial charge on any atom is 0.416 e. The summed E-state index contributed by atoms with van der Waals surface area (Å²) in [5, 5.41) is 2.74. The Labute approximate surface area is 183 Å². The molecule has 0 bridgehead atoms. The summed E-state index contributed by atoms with van der Waals surface area (Å²) in [6.07, 6.45) is 1.10. The van der Waals surface area contributed by atoms with E-state index in [-0.39, 0.29) is 23.7 Å². The van der Waals surface area contributed by atoms with Gasteiger partial charge in [-0.15, -0.1) is 0 Å². The molecule has 1 aliphatic heterocycles. The van der Waals surface area contributed by atoms with Crippen LogP contribution in [0.3, 0.4) is 0 Å². The molecule has 0 radical (unpaired) electrons.